The van der Waals surface area contributed by atoms with Gasteiger partial charge < -0.3 is 14.7 Å². The molecule has 9 nitrogen and oxygen atoms in total. The van der Waals surface area contributed by atoms with Crippen molar-refractivity contribution in [1.29, 1.82) is 0 Å². The molecule has 1 N–H and O–H groups in total. The molecular formula is C15H24N6O3. The molecule has 3 rings (SSSR count). The topological polar surface area (TPSA) is 94.8 Å². The van der Waals surface area contributed by atoms with Crippen LogP contribution >= 0.6 is 0 Å². The maximum Gasteiger partial charge on any atom is 0.324 e. The largest absolute Gasteiger partial charge is 0.340 e. The smallest absolute Gasteiger partial charge is 0.324 e. The Balaban J connectivity index is 1.48. The van der Waals surface area contributed by atoms with E-state index in [0.717, 1.165) is 31.8 Å². The monoisotopic (exact) mass is 336 g/mol. The molecule has 3 amide bonds. The molecule has 0 spiro atoms. The molecule has 0 aromatic carbocycles. The molecule has 0 saturated carbocycles. The van der Waals surface area contributed by atoms with Gasteiger partial charge in [0.1, 0.15) is 0 Å². The van der Waals surface area contributed by atoms with E-state index in [1.807, 2.05) is 7.05 Å². The van der Waals surface area contributed by atoms with E-state index in [2.05, 4.69) is 25.3 Å². The third kappa shape index (κ3) is 3.90. The van der Waals surface area contributed by atoms with Crippen LogP contribution in [0.3, 0.4) is 0 Å². The summed E-state index contributed by atoms with van der Waals surface area (Å²) in [5.74, 6) is 1.16. The van der Waals surface area contributed by atoms with Gasteiger partial charge in [-0.05, 0) is 26.4 Å². The number of nitrogens with one attached hydrogen (secondary N) is 1. The predicted octanol–water partition coefficient (Wildman–Crippen LogP) is -0.174. The van der Waals surface area contributed by atoms with Crippen molar-refractivity contribution >= 4 is 11.9 Å². The van der Waals surface area contributed by atoms with Crippen LogP contribution in [0.15, 0.2) is 4.52 Å². The Hall–Kier alpha value is -2.00. The van der Waals surface area contributed by atoms with E-state index >= 15 is 0 Å². The maximum atomic E-state index is 11.6. The third-order valence-electron chi connectivity index (χ3n) is 4.65. The van der Waals surface area contributed by atoms with E-state index in [9.17, 15) is 9.59 Å². The van der Waals surface area contributed by atoms with Crippen LogP contribution in [0.25, 0.3) is 0 Å². The molecule has 0 bridgehead atoms. The van der Waals surface area contributed by atoms with Gasteiger partial charge in [-0.2, -0.15) is 4.98 Å². The molecule has 0 aliphatic carbocycles. The molecule has 1 aromatic heterocycles. The van der Waals surface area contributed by atoms with Gasteiger partial charge in [-0.3, -0.25) is 14.6 Å². The van der Waals surface area contributed by atoms with Crippen molar-refractivity contribution in [3.63, 3.8) is 0 Å². The summed E-state index contributed by atoms with van der Waals surface area (Å²) < 4.78 is 5.02. The summed E-state index contributed by atoms with van der Waals surface area (Å²) in [6.45, 7) is 5.65. The van der Waals surface area contributed by atoms with Crippen LogP contribution in [0.1, 0.15) is 24.6 Å². The minimum Gasteiger partial charge on any atom is -0.340 e. The Morgan fingerprint density at radius 2 is 2.25 bits per heavy atom. The molecule has 1 atom stereocenters. The molecule has 9 heteroatoms. The first kappa shape index (κ1) is 16.8. The number of amides is 3. The SMILES string of the molecule is Cc1nc(CN2CCCC(N(C)CCN3C(=O)CNC3=O)C2)no1. The van der Waals surface area contributed by atoms with Gasteiger partial charge in [0, 0.05) is 32.6 Å². The first-order valence-electron chi connectivity index (χ1n) is 8.33. The number of urea groups is 1. The number of likely N-dealkylation sites (N-methyl/N-ethyl adjacent to an activating group) is 1. The molecule has 24 heavy (non-hydrogen) atoms. The zero-order chi connectivity index (χ0) is 17.1. The van der Waals surface area contributed by atoms with E-state index in [4.69, 9.17) is 4.52 Å². The van der Waals surface area contributed by atoms with Crippen LogP contribution in [0, 0.1) is 6.92 Å². The standard InChI is InChI=1S/C15H24N6O3/c1-11-17-13(18-24-11)10-20-5-3-4-12(9-20)19(2)6-7-21-14(22)8-16-15(21)23/h12H,3-10H2,1-2H3,(H,16,23). The van der Waals surface area contributed by atoms with Gasteiger partial charge >= 0.3 is 6.03 Å². The quantitative estimate of drug-likeness (QED) is 0.720. The lowest BCUT2D eigenvalue weighted by Gasteiger charge is -2.37. The molecule has 2 saturated heterocycles. The second-order valence-corrected chi connectivity index (χ2v) is 6.45. The highest BCUT2D eigenvalue weighted by molar-refractivity contribution is 6.01. The number of carbonyl (C=O) groups is 2. The first-order chi connectivity index (χ1) is 11.5. The number of carbonyl (C=O) groups excluding carboxylic acids is 2. The highest BCUT2D eigenvalue weighted by Gasteiger charge is 2.29. The number of likely N-dealkylation sites (tertiary alicyclic amines) is 1. The Bertz CT molecular complexity index is 588. The minimum absolute atomic E-state index is 0.115. The summed E-state index contributed by atoms with van der Waals surface area (Å²) in [6, 6.07) is 0.110. The van der Waals surface area contributed by atoms with Crippen LogP contribution in [0.5, 0.6) is 0 Å². The second kappa shape index (κ2) is 7.27. The number of imide groups is 1. The summed E-state index contributed by atoms with van der Waals surface area (Å²) in [4.78, 5) is 33.3. The van der Waals surface area contributed by atoms with Crippen molar-refractivity contribution in [3.05, 3.63) is 11.7 Å². The highest BCUT2D eigenvalue weighted by atomic mass is 16.5. The normalized spacial score (nSPS) is 22.5. The van der Waals surface area contributed by atoms with Crippen LogP contribution in [-0.4, -0.2) is 82.6 Å². The first-order valence-corrected chi connectivity index (χ1v) is 8.33. The lowest BCUT2D eigenvalue weighted by molar-refractivity contribution is -0.125. The van der Waals surface area contributed by atoms with Gasteiger partial charge in [-0.1, -0.05) is 5.16 Å². The highest BCUT2D eigenvalue weighted by Crippen LogP contribution is 2.16. The molecule has 2 aliphatic rings. The summed E-state index contributed by atoms with van der Waals surface area (Å²) in [6.07, 6.45) is 2.22. The Morgan fingerprint density at radius 1 is 1.42 bits per heavy atom. The molecule has 3 heterocycles. The number of hydrogen-bond acceptors (Lipinski definition) is 7. The number of piperidine rings is 1. The third-order valence-corrected chi connectivity index (χ3v) is 4.65. The molecule has 2 aliphatic heterocycles. The summed E-state index contributed by atoms with van der Waals surface area (Å²) in [5.41, 5.74) is 0. The van der Waals surface area contributed by atoms with Gasteiger partial charge in [0.25, 0.3) is 0 Å². The molecule has 1 aromatic rings. The van der Waals surface area contributed by atoms with E-state index in [1.165, 1.54) is 4.90 Å². The van der Waals surface area contributed by atoms with E-state index < -0.39 is 0 Å². The van der Waals surface area contributed by atoms with Crippen LogP contribution in [-0.2, 0) is 11.3 Å². The van der Waals surface area contributed by atoms with Crippen LogP contribution < -0.4 is 5.32 Å². The van der Waals surface area contributed by atoms with Crippen molar-refractivity contribution in [2.24, 2.45) is 0 Å². The lowest BCUT2D eigenvalue weighted by Crippen LogP contribution is -2.48. The number of hydrogen-bond donors (Lipinski definition) is 1. The number of aromatic nitrogens is 2. The predicted molar refractivity (Wildman–Crippen MR) is 85.1 cm³/mol. The fourth-order valence-electron chi connectivity index (χ4n) is 3.26. The van der Waals surface area contributed by atoms with E-state index in [0.29, 0.717) is 31.6 Å². The molecule has 1 unspecified atom stereocenters. The second-order valence-electron chi connectivity index (χ2n) is 6.45. The Labute approximate surface area is 141 Å². The Kier molecular flexibility index (Phi) is 5.10. The van der Waals surface area contributed by atoms with Gasteiger partial charge in [0.05, 0.1) is 13.1 Å². The number of rotatable bonds is 6. The average molecular weight is 336 g/mol. The van der Waals surface area contributed by atoms with E-state index in [1.54, 1.807) is 6.92 Å². The average Bonchev–Trinajstić information content (AvgIpc) is 3.11. The van der Waals surface area contributed by atoms with Crippen LogP contribution in [0.2, 0.25) is 0 Å². The summed E-state index contributed by atoms with van der Waals surface area (Å²) in [7, 11) is 2.05. The Morgan fingerprint density at radius 3 is 2.92 bits per heavy atom. The van der Waals surface area contributed by atoms with E-state index in [-0.39, 0.29) is 18.5 Å². The number of aryl methyl sites for hydroxylation is 1. The van der Waals surface area contributed by atoms with Crippen molar-refractivity contribution in [2.45, 2.75) is 32.4 Å². The molecular weight excluding hydrogens is 312 g/mol. The van der Waals surface area contributed by atoms with Crippen molar-refractivity contribution in [1.82, 2.24) is 30.2 Å². The van der Waals surface area contributed by atoms with Gasteiger partial charge in [0.15, 0.2) is 5.82 Å². The fourth-order valence-corrected chi connectivity index (χ4v) is 3.26. The fraction of sp³-hybridized carbons (Fsp3) is 0.733. The summed E-state index contributed by atoms with van der Waals surface area (Å²) in [5, 5.41) is 6.50. The lowest BCUT2D eigenvalue weighted by atomic mass is 10.0. The zero-order valence-corrected chi connectivity index (χ0v) is 14.2. The maximum absolute atomic E-state index is 11.6. The van der Waals surface area contributed by atoms with Crippen molar-refractivity contribution in [2.75, 3.05) is 39.8 Å². The van der Waals surface area contributed by atoms with Gasteiger partial charge in [-0.15, -0.1) is 0 Å². The zero-order valence-electron chi connectivity index (χ0n) is 14.2. The van der Waals surface area contributed by atoms with Crippen molar-refractivity contribution in [3.8, 4) is 0 Å². The molecule has 132 valence electrons. The minimum atomic E-state index is -0.286. The van der Waals surface area contributed by atoms with Crippen molar-refractivity contribution < 1.29 is 14.1 Å². The molecule has 2 fully saturated rings. The van der Waals surface area contributed by atoms with Gasteiger partial charge in [0.2, 0.25) is 11.8 Å². The summed E-state index contributed by atoms with van der Waals surface area (Å²) >= 11 is 0. The van der Waals surface area contributed by atoms with Crippen LogP contribution in [0.4, 0.5) is 4.79 Å². The van der Waals surface area contributed by atoms with Gasteiger partial charge in [-0.25, -0.2) is 4.79 Å². The molecule has 0 radical (unpaired) electrons. The number of nitrogens with zero attached hydrogens (tertiary/aromatic N) is 5.